The van der Waals surface area contributed by atoms with Gasteiger partial charge in [0.2, 0.25) is 5.91 Å². The van der Waals surface area contributed by atoms with Gasteiger partial charge in [-0.3, -0.25) is 4.79 Å². The second-order valence-corrected chi connectivity index (χ2v) is 4.10. The summed E-state index contributed by atoms with van der Waals surface area (Å²) >= 11 is 0. The van der Waals surface area contributed by atoms with Gasteiger partial charge in [-0.25, -0.2) is 9.18 Å². The van der Waals surface area contributed by atoms with Crippen molar-refractivity contribution in [2.24, 2.45) is 0 Å². The van der Waals surface area contributed by atoms with Crippen LogP contribution in [-0.2, 0) is 9.53 Å². The summed E-state index contributed by atoms with van der Waals surface area (Å²) in [7, 11) is 1.53. The molecule has 0 bridgehead atoms. The highest BCUT2D eigenvalue weighted by Gasteiger charge is 2.16. The van der Waals surface area contributed by atoms with Crippen LogP contribution in [0.25, 0.3) is 0 Å². The number of aromatic carboxylic acids is 1. The minimum absolute atomic E-state index is 0.0923. The zero-order chi connectivity index (χ0) is 14.4. The van der Waals surface area contributed by atoms with Crippen LogP contribution >= 0.6 is 0 Å². The number of carbonyl (C=O) groups excluding carboxylic acids is 1. The first kappa shape index (κ1) is 15.1. The van der Waals surface area contributed by atoms with E-state index in [0.29, 0.717) is 6.42 Å². The molecule has 0 fully saturated rings. The molecule has 0 spiro atoms. The number of carboxylic acids is 1. The molecule has 0 aliphatic carbocycles. The standard InChI is InChI=1S/C13H16FNO4/c1-8(19-2)6-7-11(16)15-12-9(13(17)18)4-3-5-10(12)14/h3-5,8H,6-7H2,1-2H3,(H,15,16)(H,17,18). The second-order valence-electron chi connectivity index (χ2n) is 4.10. The molecular weight excluding hydrogens is 253 g/mol. The molecular formula is C13H16FNO4. The molecule has 0 radical (unpaired) electrons. The average molecular weight is 269 g/mol. The Bertz CT molecular complexity index is 476. The Morgan fingerprint density at radius 2 is 2.16 bits per heavy atom. The number of ether oxygens (including phenoxy) is 1. The zero-order valence-electron chi connectivity index (χ0n) is 10.8. The summed E-state index contributed by atoms with van der Waals surface area (Å²) in [4.78, 5) is 22.6. The molecule has 0 aliphatic heterocycles. The predicted octanol–water partition coefficient (Wildman–Crippen LogP) is 2.28. The van der Waals surface area contributed by atoms with Gasteiger partial charge < -0.3 is 15.2 Å². The molecule has 2 N–H and O–H groups in total. The molecule has 1 aromatic rings. The van der Waals surface area contributed by atoms with E-state index in [9.17, 15) is 14.0 Å². The number of rotatable bonds is 6. The minimum Gasteiger partial charge on any atom is -0.478 e. The maximum atomic E-state index is 13.5. The van der Waals surface area contributed by atoms with E-state index in [1.54, 1.807) is 6.92 Å². The molecule has 5 nitrogen and oxygen atoms in total. The van der Waals surface area contributed by atoms with Gasteiger partial charge in [0.15, 0.2) is 0 Å². The number of halogens is 1. The van der Waals surface area contributed by atoms with E-state index in [1.807, 2.05) is 0 Å². The third kappa shape index (κ3) is 4.33. The summed E-state index contributed by atoms with van der Waals surface area (Å²) in [5.41, 5.74) is -0.571. The maximum absolute atomic E-state index is 13.5. The van der Waals surface area contributed by atoms with Crippen LogP contribution in [0, 0.1) is 5.82 Å². The fraction of sp³-hybridized carbons (Fsp3) is 0.385. The average Bonchev–Trinajstić information content (AvgIpc) is 2.38. The first-order chi connectivity index (χ1) is 8.95. The molecule has 1 rings (SSSR count). The fourth-order valence-corrected chi connectivity index (χ4v) is 1.48. The Hall–Kier alpha value is -1.95. The zero-order valence-corrected chi connectivity index (χ0v) is 10.8. The van der Waals surface area contributed by atoms with Gasteiger partial charge in [-0.05, 0) is 25.5 Å². The summed E-state index contributed by atoms with van der Waals surface area (Å²) in [6.45, 7) is 1.80. The fourth-order valence-electron chi connectivity index (χ4n) is 1.48. The topological polar surface area (TPSA) is 75.6 Å². The molecule has 1 amide bonds. The Morgan fingerprint density at radius 3 is 2.74 bits per heavy atom. The van der Waals surface area contributed by atoms with E-state index in [0.717, 1.165) is 6.07 Å². The van der Waals surface area contributed by atoms with Crippen LogP contribution in [-0.4, -0.2) is 30.2 Å². The van der Waals surface area contributed by atoms with E-state index in [4.69, 9.17) is 9.84 Å². The van der Waals surface area contributed by atoms with Crippen molar-refractivity contribution in [1.82, 2.24) is 0 Å². The van der Waals surface area contributed by atoms with Crippen LogP contribution in [0.5, 0.6) is 0 Å². The normalized spacial score (nSPS) is 11.9. The van der Waals surface area contributed by atoms with Crippen molar-refractivity contribution < 1.29 is 23.8 Å². The van der Waals surface area contributed by atoms with E-state index in [-0.39, 0.29) is 23.8 Å². The number of amides is 1. The molecule has 1 atom stereocenters. The third-order valence-corrected chi connectivity index (χ3v) is 2.69. The van der Waals surface area contributed by atoms with E-state index < -0.39 is 17.7 Å². The van der Waals surface area contributed by atoms with E-state index in [1.165, 1.54) is 19.2 Å². The highest BCUT2D eigenvalue weighted by molar-refractivity contribution is 6.00. The van der Waals surface area contributed by atoms with Crippen LogP contribution in [0.2, 0.25) is 0 Å². The summed E-state index contributed by atoms with van der Waals surface area (Å²) in [5.74, 6) is -2.51. The van der Waals surface area contributed by atoms with Crippen molar-refractivity contribution in [2.45, 2.75) is 25.9 Å². The molecule has 1 unspecified atom stereocenters. The lowest BCUT2D eigenvalue weighted by Gasteiger charge is -2.11. The third-order valence-electron chi connectivity index (χ3n) is 2.69. The molecule has 0 saturated heterocycles. The Morgan fingerprint density at radius 1 is 1.47 bits per heavy atom. The van der Waals surface area contributed by atoms with Crippen LogP contribution < -0.4 is 5.32 Å². The predicted molar refractivity (Wildman–Crippen MR) is 67.7 cm³/mol. The minimum atomic E-state index is -1.29. The summed E-state index contributed by atoms with van der Waals surface area (Å²) < 4.78 is 18.5. The first-order valence-corrected chi connectivity index (χ1v) is 5.80. The summed E-state index contributed by atoms with van der Waals surface area (Å²) in [6, 6.07) is 3.61. The number of anilines is 1. The van der Waals surface area contributed by atoms with Crippen LogP contribution in [0.4, 0.5) is 10.1 Å². The Kier molecular flexibility index (Phi) is 5.44. The van der Waals surface area contributed by atoms with E-state index in [2.05, 4.69) is 5.32 Å². The Balaban J connectivity index is 2.76. The number of hydrogen-bond acceptors (Lipinski definition) is 3. The smallest absolute Gasteiger partial charge is 0.337 e. The van der Waals surface area contributed by atoms with Crippen LogP contribution in [0.15, 0.2) is 18.2 Å². The molecule has 6 heteroatoms. The monoisotopic (exact) mass is 269 g/mol. The SMILES string of the molecule is COC(C)CCC(=O)Nc1c(F)cccc1C(=O)O. The van der Waals surface area contributed by atoms with Gasteiger partial charge in [0.1, 0.15) is 5.82 Å². The number of carboxylic acid groups (broad SMARTS) is 1. The van der Waals surface area contributed by atoms with Gasteiger partial charge >= 0.3 is 5.97 Å². The lowest BCUT2D eigenvalue weighted by molar-refractivity contribution is -0.116. The molecule has 1 aromatic carbocycles. The van der Waals surface area contributed by atoms with Gasteiger partial charge in [0, 0.05) is 13.5 Å². The van der Waals surface area contributed by atoms with Crippen molar-refractivity contribution in [3.8, 4) is 0 Å². The highest BCUT2D eigenvalue weighted by Crippen LogP contribution is 2.20. The highest BCUT2D eigenvalue weighted by atomic mass is 19.1. The number of para-hydroxylation sites is 1. The quantitative estimate of drug-likeness (QED) is 0.830. The van der Waals surface area contributed by atoms with Crippen molar-refractivity contribution in [1.29, 1.82) is 0 Å². The van der Waals surface area contributed by atoms with Gasteiger partial charge in [0.05, 0.1) is 17.4 Å². The molecule has 0 aromatic heterocycles. The number of nitrogens with one attached hydrogen (secondary N) is 1. The van der Waals surface area contributed by atoms with Gasteiger partial charge in [-0.2, -0.15) is 0 Å². The van der Waals surface area contributed by atoms with Crippen molar-refractivity contribution >= 4 is 17.6 Å². The van der Waals surface area contributed by atoms with Gasteiger partial charge in [0.25, 0.3) is 0 Å². The second kappa shape index (κ2) is 6.84. The lowest BCUT2D eigenvalue weighted by atomic mass is 10.1. The van der Waals surface area contributed by atoms with Crippen molar-refractivity contribution in [3.05, 3.63) is 29.6 Å². The molecule has 0 aliphatic rings. The molecule has 0 saturated carbocycles. The molecule has 104 valence electrons. The van der Waals surface area contributed by atoms with Gasteiger partial charge in [-0.1, -0.05) is 6.07 Å². The summed E-state index contributed by atoms with van der Waals surface area (Å²) in [5, 5.41) is 11.2. The number of hydrogen-bond donors (Lipinski definition) is 2. The Labute approximate surface area is 110 Å². The lowest BCUT2D eigenvalue weighted by Crippen LogP contribution is -2.18. The van der Waals surface area contributed by atoms with Crippen molar-refractivity contribution in [2.75, 3.05) is 12.4 Å². The molecule has 0 heterocycles. The van der Waals surface area contributed by atoms with Gasteiger partial charge in [-0.15, -0.1) is 0 Å². The van der Waals surface area contributed by atoms with Crippen molar-refractivity contribution in [3.63, 3.8) is 0 Å². The first-order valence-electron chi connectivity index (χ1n) is 5.80. The number of benzene rings is 1. The maximum Gasteiger partial charge on any atom is 0.337 e. The number of methoxy groups -OCH3 is 1. The van der Waals surface area contributed by atoms with Crippen LogP contribution in [0.3, 0.4) is 0 Å². The molecule has 19 heavy (non-hydrogen) atoms. The van der Waals surface area contributed by atoms with Crippen LogP contribution in [0.1, 0.15) is 30.1 Å². The van der Waals surface area contributed by atoms with E-state index >= 15 is 0 Å². The summed E-state index contributed by atoms with van der Waals surface area (Å²) in [6.07, 6.45) is 0.506. The largest absolute Gasteiger partial charge is 0.478 e. The number of carbonyl (C=O) groups is 2.